The maximum absolute atomic E-state index is 5.91. The number of hydrogen-bond acceptors (Lipinski definition) is 3. The fourth-order valence-electron chi connectivity index (χ4n) is 3.00. The molecule has 31 heavy (non-hydrogen) atoms. The van der Waals surface area contributed by atoms with Gasteiger partial charge in [0.15, 0.2) is 5.96 Å². The van der Waals surface area contributed by atoms with Crippen LogP contribution in [0.2, 0.25) is 5.15 Å². The number of ether oxygens (including phenoxy) is 1. The molecule has 0 fully saturated rings. The van der Waals surface area contributed by atoms with Crippen LogP contribution in [0.5, 0.6) is 0 Å². The van der Waals surface area contributed by atoms with Gasteiger partial charge in [0.1, 0.15) is 5.15 Å². The van der Waals surface area contributed by atoms with Crippen LogP contribution in [0.1, 0.15) is 22.3 Å². The number of aromatic nitrogens is 1. The quantitative estimate of drug-likeness (QED) is 0.171. The Labute approximate surface area is 206 Å². The number of benzene rings is 2. The van der Waals surface area contributed by atoms with Gasteiger partial charge < -0.3 is 15.4 Å². The molecule has 0 aliphatic carbocycles. The molecule has 164 valence electrons. The average Bonchev–Trinajstić information content (AvgIpc) is 2.79. The lowest BCUT2D eigenvalue weighted by atomic mass is 10.1. The molecule has 2 N–H and O–H groups in total. The zero-order chi connectivity index (χ0) is 21.0. The predicted molar refractivity (Wildman–Crippen MR) is 138 cm³/mol. The first kappa shape index (κ1) is 25.1. The van der Waals surface area contributed by atoms with Crippen molar-refractivity contribution < 1.29 is 4.74 Å². The second kappa shape index (κ2) is 14.0. The monoisotopic (exact) mass is 550 g/mol. The second-order valence-corrected chi connectivity index (χ2v) is 7.23. The van der Waals surface area contributed by atoms with Gasteiger partial charge in [-0.2, -0.15) is 0 Å². The van der Waals surface area contributed by atoms with Crippen LogP contribution >= 0.6 is 35.6 Å². The lowest BCUT2D eigenvalue weighted by Gasteiger charge is -2.14. The van der Waals surface area contributed by atoms with Gasteiger partial charge in [0, 0.05) is 26.3 Å². The molecular formula is C24H28ClIN4O. The normalized spacial score (nSPS) is 11.0. The molecule has 0 spiro atoms. The number of hydrogen-bond donors (Lipinski definition) is 2. The van der Waals surface area contributed by atoms with Crippen molar-refractivity contribution in [1.29, 1.82) is 0 Å². The molecule has 0 saturated carbocycles. The Bertz CT molecular complexity index is 936. The number of nitrogens with zero attached hydrogens (tertiary/aromatic N) is 2. The summed E-state index contributed by atoms with van der Waals surface area (Å²) in [5.74, 6) is 0.761. The molecule has 0 bridgehead atoms. The Balaban J connectivity index is 0.00000341. The lowest BCUT2D eigenvalue weighted by Crippen LogP contribution is -2.38. The van der Waals surface area contributed by atoms with E-state index in [1.807, 2.05) is 36.4 Å². The number of halogens is 2. The average molecular weight is 551 g/mol. The molecule has 3 aromatic rings. The van der Waals surface area contributed by atoms with Crippen molar-refractivity contribution in [1.82, 2.24) is 15.6 Å². The number of nitrogens with one attached hydrogen (secondary N) is 2. The van der Waals surface area contributed by atoms with Crippen LogP contribution < -0.4 is 10.6 Å². The van der Waals surface area contributed by atoms with Crippen LogP contribution in [0.4, 0.5) is 0 Å². The van der Waals surface area contributed by atoms with E-state index in [1.54, 1.807) is 19.3 Å². The van der Waals surface area contributed by atoms with Gasteiger partial charge in [0.2, 0.25) is 0 Å². The number of guanidine groups is 1. The Morgan fingerprint density at radius 1 is 0.903 bits per heavy atom. The molecule has 7 heteroatoms. The van der Waals surface area contributed by atoms with E-state index in [0.29, 0.717) is 24.9 Å². The third-order valence-electron chi connectivity index (χ3n) is 4.65. The number of rotatable bonds is 9. The van der Waals surface area contributed by atoms with E-state index in [2.05, 4.69) is 44.9 Å². The molecule has 0 aliphatic heterocycles. The maximum Gasteiger partial charge on any atom is 0.191 e. The zero-order valence-electron chi connectivity index (χ0n) is 17.6. The summed E-state index contributed by atoms with van der Waals surface area (Å²) in [6, 6.07) is 22.3. The SMILES string of the molecule is CN=C(NCCc1ccc(Cl)nc1)NCc1ccccc1COCc1ccccc1.I. The molecule has 1 heterocycles. The molecule has 0 radical (unpaired) electrons. The van der Waals surface area contributed by atoms with Gasteiger partial charge in [0.05, 0.1) is 13.2 Å². The molecule has 3 rings (SSSR count). The molecule has 0 unspecified atom stereocenters. The summed E-state index contributed by atoms with van der Waals surface area (Å²) < 4.78 is 5.91. The van der Waals surface area contributed by atoms with Gasteiger partial charge in [-0.3, -0.25) is 4.99 Å². The smallest absolute Gasteiger partial charge is 0.191 e. The fraction of sp³-hybridized carbons (Fsp3) is 0.250. The number of pyridine rings is 1. The minimum atomic E-state index is 0. The molecule has 5 nitrogen and oxygen atoms in total. The van der Waals surface area contributed by atoms with E-state index in [4.69, 9.17) is 16.3 Å². The van der Waals surface area contributed by atoms with Gasteiger partial charge in [-0.15, -0.1) is 24.0 Å². The van der Waals surface area contributed by atoms with Crippen LogP contribution in [-0.4, -0.2) is 24.5 Å². The van der Waals surface area contributed by atoms with Crippen LogP contribution in [-0.2, 0) is 30.9 Å². The molecule has 0 amide bonds. The van der Waals surface area contributed by atoms with E-state index < -0.39 is 0 Å². The van der Waals surface area contributed by atoms with E-state index >= 15 is 0 Å². The van der Waals surface area contributed by atoms with Crippen molar-refractivity contribution >= 4 is 41.5 Å². The molecule has 2 aromatic carbocycles. The minimum Gasteiger partial charge on any atom is -0.372 e. The largest absolute Gasteiger partial charge is 0.372 e. The Morgan fingerprint density at radius 3 is 2.35 bits per heavy atom. The maximum atomic E-state index is 5.91. The van der Waals surface area contributed by atoms with Crippen LogP contribution in [0.15, 0.2) is 77.9 Å². The molecule has 1 aromatic heterocycles. The van der Waals surface area contributed by atoms with Crippen molar-refractivity contribution in [3.63, 3.8) is 0 Å². The van der Waals surface area contributed by atoms with Gasteiger partial charge in [-0.1, -0.05) is 72.3 Å². The molecular weight excluding hydrogens is 523 g/mol. The Kier molecular flexibility index (Phi) is 11.3. The summed E-state index contributed by atoms with van der Waals surface area (Å²) in [4.78, 5) is 8.41. The summed E-state index contributed by atoms with van der Waals surface area (Å²) in [6.07, 6.45) is 2.64. The summed E-state index contributed by atoms with van der Waals surface area (Å²) in [6.45, 7) is 2.60. The second-order valence-electron chi connectivity index (χ2n) is 6.84. The van der Waals surface area contributed by atoms with Gasteiger partial charge in [-0.05, 0) is 34.7 Å². The Hall–Kier alpha value is -2.16. The molecule has 0 aliphatic rings. The van der Waals surface area contributed by atoms with Crippen molar-refractivity contribution in [2.45, 2.75) is 26.2 Å². The third-order valence-corrected chi connectivity index (χ3v) is 4.88. The highest BCUT2D eigenvalue weighted by Crippen LogP contribution is 2.12. The van der Waals surface area contributed by atoms with Crippen molar-refractivity contribution in [2.24, 2.45) is 4.99 Å². The molecule has 0 saturated heterocycles. The van der Waals surface area contributed by atoms with Crippen LogP contribution in [0.25, 0.3) is 0 Å². The highest BCUT2D eigenvalue weighted by molar-refractivity contribution is 14.0. The van der Waals surface area contributed by atoms with Crippen molar-refractivity contribution in [3.8, 4) is 0 Å². The zero-order valence-corrected chi connectivity index (χ0v) is 20.6. The minimum absolute atomic E-state index is 0. The summed E-state index contributed by atoms with van der Waals surface area (Å²) in [5.41, 5.74) is 4.66. The lowest BCUT2D eigenvalue weighted by molar-refractivity contribution is 0.106. The molecule has 0 atom stereocenters. The first-order valence-corrected chi connectivity index (χ1v) is 10.4. The van der Waals surface area contributed by atoms with Gasteiger partial charge in [-0.25, -0.2) is 4.98 Å². The van der Waals surface area contributed by atoms with E-state index in [9.17, 15) is 0 Å². The highest BCUT2D eigenvalue weighted by atomic mass is 127. The van der Waals surface area contributed by atoms with E-state index in [0.717, 1.165) is 24.5 Å². The predicted octanol–water partition coefficient (Wildman–Crippen LogP) is 4.98. The Morgan fingerprint density at radius 2 is 1.65 bits per heavy atom. The standard InChI is InChI=1S/C24H27ClN4O.HI/c1-26-24(27-14-13-19-11-12-23(25)28-15-19)29-16-21-9-5-6-10-22(21)18-30-17-20-7-3-2-4-8-20;/h2-12,15H,13-14,16-18H2,1H3,(H2,26,27,29);1H. The number of aliphatic imine (C=N–C) groups is 1. The van der Waals surface area contributed by atoms with E-state index in [1.165, 1.54) is 16.7 Å². The van der Waals surface area contributed by atoms with Crippen molar-refractivity contribution in [2.75, 3.05) is 13.6 Å². The van der Waals surface area contributed by atoms with Crippen LogP contribution in [0.3, 0.4) is 0 Å². The van der Waals surface area contributed by atoms with Gasteiger partial charge in [0.25, 0.3) is 0 Å². The first-order valence-electron chi connectivity index (χ1n) is 9.98. The van der Waals surface area contributed by atoms with Crippen molar-refractivity contribution in [3.05, 3.63) is 100 Å². The van der Waals surface area contributed by atoms with Gasteiger partial charge >= 0.3 is 0 Å². The first-order chi connectivity index (χ1) is 14.7. The van der Waals surface area contributed by atoms with Crippen LogP contribution in [0, 0.1) is 0 Å². The topological polar surface area (TPSA) is 58.5 Å². The third kappa shape index (κ3) is 8.85. The fourth-order valence-corrected chi connectivity index (χ4v) is 3.11. The van der Waals surface area contributed by atoms with E-state index in [-0.39, 0.29) is 24.0 Å². The summed E-state index contributed by atoms with van der Waals surface area (Å²) in [5, 5.41) is 7.22. The summed E-state index contributed by atoms with van der Waals surface area (Å²) >= 11 is 5.83. The highest BCUT2D eigenvalue weighted by Gasteiger charge is 2.05. The summed E-state index contributed by atoms with van der Waals surface area (Å²) in [7, 11) is 1.77.